The van der Waals surface area contributed by atoms with E-state index in [1.807, 2.05) is 6.07 Å². The molecule has 1 aliphatic heterocycles. The molecule has 1 aromatic heterocycles. The zero-order valence-corrected chi connectivity index (χ0v) is 5.17. The van der Waals surface area contributed by atoms with Gasteiger partial charge in [0.05, 0.1) is 6.20 Å². The van der Waals surface area contributed by atoms with Crippen molar-refractivity contribution in [2.45, 2.75) is 6.42 Å². The van der Waals surface area contributed by atoms with Gasteiger partial charge >= 0.3 is 0 Å². The summed E-state index contributed by atoms with van der Waals surface area (Å²) in [6.07, 6.45) is 3.10. The molecular formula is C6H9N3. The van der Waals surface area contributed by atoms with E-state index in [1.165, 1.54) is 19.5 Å². The van der Waals surface area contributed by atoms with Crippen molar-refractivity contribution in [1.82, 2.24) is 10.2 Å². The second-order valence-corrected chi connectivity index (χ2v) is 2.28. The van der Waals surface area contributed by atoms with E-state index in [-0.39, 0.29) is 0 Å². The molecule has 1 aliphatic rings. The molecule has 9 heavy (non-hydrogen) atoms. The standard InChI is InChI=1S/C6H9N3/c1-4-9(5-1)6-2-3-7-8-6/h2-3H,1,4-5H2,(H,7,8). The molecule has 48 valence electrons. The van der Waals surface area contributed by atoms with E-state index >= 15 is 0 Å². The van der Waals surface area contributed by atoms with Gasteiger partial charge < -0.3 is 4.90 Å². The van der Waals surface area contributed by atoms with E-state index < -0.39 is 0 Å². The van der Waals surface area contributed by atoms with Crippen molar-refractivity contribution < 1.29 is 0 Å². The van der Waals surface area contributed by atoms with Gasteiger partial charge in [-0.05, 0) is 6.42 Å². The minimum atomic E-state index is 1.15. The molecule has 2 heterocycles. The number of hydrogen-bond donors (Lipinski definition) is 1. The molecule has 1 N–H and O–H groups in total. The van der Waals surface area contributed by atoms with Gasteiger partial charge in [0.15, 0.2) is 0 Å². The lowest BCUT2D eigenvalue weighted by Gasteiger charge is -2.31. The van der Waals surface area contributed by atoms with Crippen LogP contribution >= 0.6 is 0 Å². The monoisotopic (exact) mass is 123 g/mol. The molecule has 2 rings (SSSR count). The van der Waals surface area contributed by atoms with E-state index in [2.05, 4.69) is 15.1 Å². The maximum atomic E-state index is 3.86. The third-order valence-corrected chi connectivity index (χ3v) is 1.68. The molecule has 0 saturated carbocycles. The van der Waals surface area contributed by atoms with E-state index in [0.29, 0.717) is 0 Å². The van der Waals surface area contributed by atoms with Crippen LogP contribution in [0.5, 0.6) is 0 Å². The fourth-order valence-corrected chi connectivity index (χ4v) is 0.982. The molecule has 3 heteroatoms. The van der Waals surface area contributed by atoms with E-state index in [4.69, 9.17) is 0 Å². The molecule has 1 saturated heterocycles. The number of nitrogens with one attached hydrogen (secondary N) is 1. The highest BCUT2D eigenvalue weighted by Gasteiger charge is 2.14. The first-order valence-corrected chi connectivity index (χ1v) is 3.21. The highest BCUT2D eigenvalue weighted by atomic mass is 15.3. The van der Waals surface area contributed by atoms with Crippen LogP contribution in [0.1, 0.15) is 6.42 Å². The van der Waals surface area contributed by atoms with Crippen LogP contribution in [-0.4, -0.2) is 23.3 Å². The molecule has 0 radical (unpaired) electrons. The molecular weight excluding hydrogens is 114 g/mol. The van der Waals surface area contributed by atoms with E-state index in [9.17, 15) is 0 Å². The molecule has 3 nitrogen and oxygen atoms in total. The van der Waals surface area contributed by atoms with Crippen molar-refractivity contribution in [2.24, 2.45) is 0 Å². The number of rotatable bonds is 1. The molecule has 0 aliphatic carbocycles. The normalized spacial score (nSPS) is 17.6. The molecule has 0 amide bonds. The summed E-state index contributed by atoms with van der Waals surface area (Å²) in [6.45, 7) is 2.37. The van der Waals surface area contributed by atoms with Crippen molar-refractivity contribution in [1.29, 1.82) is 0 Å². The lowest BCUT2D eigenvalue weighted by Crippen LogP contribution is -2.37. The van der Waals surface area contributed by atoms with Gasteiger partial charge in [0.1, 0.15) is 5.82 Å². The van der Waals surface area contributed by atoms with Crippen LogP contribution in [0.2, 0.25) is 0 Å². The summed E-state index contributed by atoms with van der Waals surface area (Å²) < 4.78 is 0. The number of nitrogens with zero attached hydrogens (tertiary/aromatic N) is 2. The predicted octanol–water partition coefficient (Wildman–Crippen LogP) is 0.620. The van der Waals surface area contributed by atoms with Gasteiger partial charge in [-0.3, -0.25) is 5.10 Å². The Labute approximate surface area is 53.7 Å². The molecule has 0 atom stereocenters. The number of anilines is 1. The van der Waals surface area contributed by atoms with Gasteiger partial charge in [0.2, 0.25) is 0 Å². The number of H-pyrrole nitrogens is 1. The lowest BCUT2D eigenvalue weighted by atomic mass is 10.2. The summed E-state index contributed by atoms with van der Waals surface area (Å²) in [5, 5.41) is 6.77. The second-order valence-electron chi connectivity index (χ2n) is 2.28. The average Bonchev–Trinajstić information content (AvgIpc) is 2.11. The molecule has 0 unspecified atom stereocenters. The first-order chi connectivity index (χ1) is 4.47. The minimum absolute atomic E-state index is 1.15. The van der Waals surface area contributed by atoms with Crippen LogP contribution in [0.25, 0.3) is 0 Å². The zero-order chi connectivity index (χ0) is 6.10. The fourth-order valence-electron chi connectivity index (χ4n) is 0.982. The van der Waals surface area contributed by atoms with Gasteiger partial charge in [-0.2, -0.15) is 5.10 Å². The predicted molar refractivity (Wildman–Crippen MR) is 35.4 cm³/mol. The second kappa shape index (κ2) is 1.76. The van der Waals surface area contributed by atoms with Crippen molar-refractivity contribution in [3.8, 4) is 0 Å². The number of hydrogen-bond acceptors (Lipinski definition) is 2. The summed E-state index contributed by atoms with van der Waals surface area (Å²) in [6, 6.07) is 2.00. The Morgan fingerprint density at radius 1 is 1.56 bits per heavy atom. The highest BCUT2D eigenvalue weighted by molar-refractivity contribution is 5.38. The van der Waals surface area contributed by atoms with E-state index in [1.54, 1.807) is 6.20 Å². The summed E-state index contributed by atoms with van der Waals surface area (Å²) in [5.74, 6) is 1.15. The summed E-state index contributed by atoms with van der Waals surface area (Å²) in [5.41, 5.74) is 0. The molecule has 0 spiro atoms. The first kappa shape index (κ1) is 4.85. The van der Waals surface area contributed by atoms with Crippen molar-refractivity contribution in [3.05, 3.63) is 12.3 Å². The van der Waals surface area contributed by atoms with Crippen LogP contribution < -0.4 is 4.90 Å². The van der Waals surface area contributed by atoms with Crippen molar-refractivity contribution >= 4 is 5.82 Å². The largest absolute Gasteiger partial charge is 0.357 e. The molecule has 1 aromatic rings. The Kier molecular flexibility index (Phi) is 0.946. The van der Waals surface area contributed by atoms with Gasteiger partial charge in [-0.25, -0.2) is 0 Å². The third kappa shape index (κ3) is 0.686. The Morgan fingerprint density at radius 3 is 2.89 bits per heavy atom. The van der Waals surface area contributed by atoms with E-state index in [0.717, 1.165) is 5.82 Å². The van der Waals surface area contributed by atoms with Crippen LogP contribution in [-0.2, 0) is 0 Å². The third-order valence-electron chi connectivity index (χ3n) is 1.68. The SMILES string of the molecule is c1cc(N2CCC2)[nH]n1. The van der Waals surface area contributed by atoms with Gasteiger partial charge in [-0.15, -0.1) is 0 Å². The van der Waals surface area contributed by atoms with Crippen molar-refractivity contribution in [3.63, 3.8) is 0 Å². The van der Waals surface area contributed by atoms with Gasteiger partial charge in [0.25, 0.3) is 0 Å². The Balaban J connectivity index is 2.14. The molecule has 0 aromatic carbocycles. The summed E-state index contributed by atoms with van der Waals surface area (Å²) in [4.78, 5) is 2.27. The van der Waals surface area contributed by atoms with Crippen LogP contribution in [0.4, 0.5) is 5.82 Å². The number of aromatic amines is 1. The maximum Gasteiger partial charge on any atom is 0.123 e. The quantitative estimate of drug-likeness (QED) is 0.593. The minimum Gasteiger partial charge on any atom is -0.357 e. The van der Waals surface area contributed by atoms with Gasteiger partial charge in [0, 0.05) is 19.2 Å². The Morgan fingerprint density at radius 2 is 2.44 bits per heavy atom. The van der Waals surface area contributed by atoms with Crippen LogP contribution in [0.15, 0.2) is 12.3 Å². The van der Waals surface area contributed by atoms with Crippen molar-refractivity contribution in [2.75, 3.05) is 18.0 Å². The Bertz CT molecular complexity index is 176. The summed E-state index contributed by atoms with van der Waals surface area (Å²) in [7, 11) is 0. The zero-order valence-electron chi connectivity index (χ0n) is 5.17. The average molecular weight is 123 g/mol. The molecule has 0 bridgehead atoms. The van der Waals surface area contributed by atoms with Crippen LogP contribution in [0, 0.1) is 0 Å². The van der Waals surface area contributed by atoms with Gasteiger partial charge in [-0.1, -0.05) is 0 Å². The number of aromatic nitrogens is 2. The highest BCUT2D eigenvalue weighted by Crippen LogP contribution is 2.15. The molecule has 1 fully saturated rings. The maximum absolute atomic E-state index is 3.86. The topological polar surface area (TPSA) is 31.9 Å². The summed E-state index contributed by atoms with van der Waals surface area (Å²) >= 11 is 0. The first-order valence-electron chi connectivity index (χ1n) is 3.21. The Hall–Kier alpha value is -0.990. The fraction of sp³-hybridized carbons (Fsp3) is 0.500. The van der Waals surface area contributed by atoms with Crippen LogP contribution in [0.3, 0.4) is 0 Å². The lowest BCUT2D eigenvalue weighted by molar-refractivity contribution is 0.609. The smallest absolute Gasteiger partial charge is 0.123 e.